The molecule has 0 aliphatic heterocycles. The normalized spacial score (nSPS) is 10.1. The first-order valence-corrected chi connectivity index (χ1v) is 9.18. The van der Waals surface area contributed by atoms with Crippen LogP contribution in [-0.2, 0) is 9.47 Å². The number of nitrogens with zero attached hydrogens (tertiary/aromatic N) is 1. The van der Waals surface area contributed by atoms with Crippen LogP contribution in [0.15, 0.2) is 48.5 Å². The summed E-state index contributed by atoms with van der Waals surface area (Å²) in [4.78, 5) is 10.7. The SMILES string of the molecule is CC[N+](CC)(CC)CCOC(=O)OC.CN.c1ccc2ccccc2c1. The van der Waals surface area contributed by atoms with Crippen LogP contribution in [0.5, 0.6) is 0 Å². The molecule has 0 heterocycles. The Balaban J connectivity index is 0.000000453. The number of hydrogen-bond donors (Lipinski definition) is 1. The molecule has 0 radical (unpaired) electrons. The van der Waals surface area contributed by atoms with Crippen molar-refractivity contribution in [1.29, 1.82) is 0 Å². The van der Waals surface area contributed by atoms with Crippen molar-refractivity contribution in [1.82, 2.24) is 0 Å². The van der Waals surface area contributed by atoms with E-state index in [9.17, 15) is 4.79 Å². The zero-order chi connectivity index (χ0) is 19.8. The number of fused-ring (bicyclic) bond motifs is 1. The first-order valence-electron chi connectivity index (χ1n) is 9.18. The summed E-state index contributed by atoms with van der Waals surface area (Å²) in [5.41, 5.74) is 4.50. The first kappa shape index (κ1) is 23.9. The van der Waals surface area contributed by atoms with Crippen LogP contribution in [0.25, 0.3) is 10.8 Å². The highest BCUT2D eigenvalue weighted by atomic mass is 16.7. The molecule has 0 aliphatic rings. The Morgan fingerprint density at radius 2 is 1.27 bits per heavy atom. The predicted molar refractivity (Wildman–Crippen MR) is 109 cm³/mol. The summed E-state index contributed by atoms with van der Waals surface area (Å²) in [5.74, 6) is 0. The maximum Gasteiger partial charge on any atom is 0.508 e. The number of hydrogen-bond acceptors (Lipinski definition) is 4. The molecule has 0 bridgehead atoms. The van der Waals surface area contributed by atoms with Gasteiger partial charge in [0.1, 0.15) is 13.2 Å². The number of rotatable bonds is 6. The summed E-state index contributed by atoms with van der Waals surface area (Å²) in [7, 11) is 2.82. The lowest BCUT2D eigenvalue weighted by Gasteiger charge is -2.35. The Morgan fingerprint density at radius 1 is 0.885 bits per heavy atom. The minimum Gasteiger partial charge on any atom is -0.438 e. The molecule has 2 aromatic rings. The minimum absolute atomic E-state index is 0.433. The number of carbonyl (C=O) groups excluding carboxylic acids is 1. The van der Waals surface area contributed by atoms with Gasteiger partial charge in [0, 0.05) is 0 Å². The first-order chi connectivity index (χ1) is 12.6. The van der Waals surface area contributed by atoms with Crippen molar-refractivity contribution in [3.05, 3.63) is 48.5 Å². The van der Waals surface area contributed by atoms with Crippen LogP contribution in [0.1, 0.15) is 20.8 Å². The fourth-order valence-electron chi connectivity index (χ4n) is 2.66. The van der Waals surface area contributed by atoms with Gasteiger partial charge in [-0.15, -0.1) is 0 Å². The van der Waals surface area contributed by atoms with Crippen molar-refractivity contribution in [2.75, 3.05) is 46.9 Å². The van der Waals surface area contributed by atoms with Crippen LogP contribution >= 0.6 is 0 Å². The summed E-state index contributed by atoms with van der Waals surface area (Å²) >= 11 is 0. The van der Waals surface area contributed by atoms with Gasteiger partial charge in [0.15, 0.2) is 0 Å². The Morgan fingerprint density at radius 3 is 1.58 bits per heavy atom. The zero-order valence-electron chi connectivity index (χ0n) is 16.9. The predicted octanol–water partition coefficient (Wildman–Crippen LogP) is 4.06. The lowest BCUT2D eigenvalue weighted by atomic mass is 10.1. The van der Waals surface area contributed by atoms with E-state index in [-0.39, 0.29) is 0 Å². The summed E-state index contributed by atoms with van der Waals surface area (Å²) in [6, 6.07) is 16.7. The van der Waals surface area contributed by atoms with Crippen molar-refractivity contribution in [3.8, 4) is 0 Å². The summed E-state index contributed by atoms with van der Waals surface area (Å²) in [6.45, 7) is 11.0. The molecule has 2 rings (SSSR count). The van der Waals surface area contributed by atoms with E-state index < -0.39 is 6.16 Å². The van der Waals surface area contributed by atoms with E-state index in [0.717, 1.165) is 30.7 Å². The molecule has 0 aromatic heterocycles. The second kappa shape index (κ2) is 14.1. The molecule has 26 heavy (non-hydrogen) atoms. The number of likely N-dealkylation sites (N-methyl/N-ethyl adjacent to an activating group) is 1. The number of nitrogens with two attached hydrogens (primary N) is 1. The van der Waals surface area contributed by atoms with E-state index in [4.69, 9.17) is 4.74 Å². The van der Waals surface area contributed by atoms with Crippen LogP contribution in [0.4, 0.5) is 4.79 Å². The van der Waals surface area contributed by atoms with Gasteiger partial charge in [-0.05, 0) is 38.6 Å². The van der Waals surface area contributed by atoms with Crippen molar-refractivity contribution >= 4 is 16.9 Å². The van der Waals surface area contributed by atoms with Crippen LogP contribution < -0.4 is 5.73 Å². The Bertz CT molecular complexity index is 539. The van der Waals surface area contributed by atoms with E-state index >= 15 is 0 Å². The fraction of sp³-hybridized carbons (Fsp3) is 0.476. The molecule has 146 valence electrons. The van der Waals surface area contributed by atoms with Gasteiger partial charge < -0.3 is 19.7 Å². The molecule has 0 fully saturated rings. The molecule has 0 unspecified atom stereocenters. The second-order valence-corrected chi connectivity index (χ2v) is 5.66. The van der Waals surface area contributed by atoms with Crippen molar-refractivity contribution in [3.63, 3.8) is 0 Å². The van der Waals surface area contributed by atoms with Gasteiger partial charge in [-0.2, -0.15) is 0 Å². The molecular weight excluding hydrogens is 328 g/mol. The lowest BCUT2D eigenvalue weighted by Crippen LogP contribution is -2.49. The Labute approximate surface area is 158 Å². The van der Waals surface area contributed by atoms with Gasteiger partial charge in [-0.25, -0.2) is 4.79 Å². The van der Waals surface area contributed by atoms with E-state index in [2.05, 4.69) is 79.8 Å². The van der Waals surface area contributed by atoms with Crippen molar-refractivity contribution in [2.24, 2.45) is 5.73 Å². The molecular formula is C21H35N2O3+. The highest BCUT2D eigenvalue weighted by molar-refractivity contribution is 5.81. The molecule has 0 amide bonds. The number of benzene rings is 2. The highest BCUT2D eigenvalue weighted by Gasteiger charge is 2.20. The van der Waals surface area contributed by atoms with Crippen LogP contribution in [0.2, 0.25) is 0 Å². The van der Waals surface area contributed by atoms with Crippen LogP contribution in [-0.4, -0.2) is 57.6 Å². The Hall–Kier alpha value is -2.11. The molecule has 5 nitrogen and oxygen atoms in total. The lowest BCUT2D eigenvalue weighted by molar-refractivity contribution is -0.923. The molecule has 0 aliphatic carbocycles. The third kappa shape index (κ3) is 8.32. The van der Waals surface area contributed by atoms with Gasteiger partial charge >= 0.3 is 6.16 Å². The minimum atomic E-state index is -0.591. The molecule has 2 N–H and O–H groups in total. The van der Waals surface area contributed by atoms with E-state index in [1.807, 2.05) is 0 Å². The maximum absolute atomic E-state index is 10.7. The molecule has 5 heteroatoms. The maximum atomic E-state index is 10.7. The smallest absolute Gasteiger partial charge is 0.438 e. The zero-order valence-corrected chi connectivity index (χ0v) is 16.9. The third-order valence-corrected chi connectivity index (χ3v) is 4.62. The number of carbonyl (C=O) groups is 1. The number of methoxy groups -OCH3 is 1. The van der Waals surface area contributed by atoms with E-state index in [1.165, 1.54) is 24.9 Å². The third-order valence-electron chi connectivity index (χ3n) is 4.62. The average molecular weight is 364 g/mol. The summed E-state index contributed by atoms with van der Waals surface area (Å²) < 4.78 is 10.3. The van der Waals surface area contributed by atoms with Gasteiger partial charge in [0.25, 0.3) is 0 Å². The monoisotopic (exact) mass is 363 g/mol. The van der Waals surface area contributed by atoms with Crippen LogP contribution in [0.3, 0.4) is 0 Å². The van der Waals surface area contributed by atoms with Gasteiger partial charge in [0.2, 0.25) is 0 Å². The second-order valence-electron chi connectivity index (χ2n) is 5.66. The largest absolute Gasteiger partial charge is 0.508 e. The summed E-state index contributed by atoms with van der Waals surface area (Å²) in [6.07, 6.45) is -0.591. The Kier molecular flexibility index (Phi) is 13.0. The van der Waals surface area contributed by atoms with E-state index in [1.54, 1.807) is 0 Å². The highest BCUT2D eigenvalue weighted by Crippen LogP contribution is 2.11. The molecule has 0 spiro atoms. The van der Waals surface area contributed by atoms with Gasteiger partial charge in [-0.3, -0.25) is 0 Å². The average Bonchev–Trinajstić information content (AvgIpc) is 2.73. The standard InChI is InChI=1S/C10H22NO3.C10H8.CH5N/c1-5-11(6-2,7-3)8-9-14-10(12)13-4;1-2-6-10-8-4-3-7-9(10)5-1;1-2/h5-9H2,1-4H3;1-8H;2H2,1H3/q+1;;. The van der Waals surface area contributed by atoms with Gasteiger partial charge in [-0.1, -0.05) is 48.5 Å². The van der Waals surface area contributed by atoms with Crippen LogP contribution in [0, 0.1) is 0 Å². The summed E-state index contributed by atoms with van der Waals surface area (Å²) in [5, 5.41) is 2.62. The van der Waals surface area contributed by atoms with Crippen molar-refractivity contribution in [2.45, 2.75) is 20.8 Å². The topological polar surface area (TPSA) is 61.5 Å². The molecule has 0 saturated carbocycles. The molecule has 0 atom stereocenters. The number of quaternary nitrogens is 1. The fourth-order valence-corrected chi connectivity index (χ4v) is 2.66. The quantitative estimate of drug-likeness (QED) is 0.621. The van der Waals surface area contributed by atoms with Crippen molar-refractivity contribution < 1.29 is 18.8 Å². The molecule has 0 saturated heterocycles. The van der Waals surface area contributed by atoms with E-state index in [0.29, 0.717) is 6.61 Å². The molecule has 2 aromatic carbocycles. The number of ether oxygens (including phenoxy) is 2. The van der Waals surface area contributed by atoms with Gasteiger partial charge in [0.05, 0.1) is 26.7 Å².